The van der Waals surface area contributed by atoms with Crippen molar-refractivity contribution in [1.29, 1.82) is 0 Å². The minimum absolute atomic E-state index is 0.399. The average molecular weight is 369 g/mol. The number of ether oxygens (including phenoxy) is 1. The van der Waals surface area contributed by atoms with Crippen LogP contribution in [0.2, 0.25) is 0 Å². The number of likely N-dealkylation sites (N-methyl/N-ethyl adjacent to an activating group) is 1. The van der Waals surface area contributed by atoms with Crippen LogP contribution in [0.15, 0.2) is 47.5 Å². The Morgan fingerprint density at radius 3 is 2.52 bits per heavy atom. The van der Waals surface area contributed by atoms with Gasteiger partial charge in [0.15, 0.2) is 5.96 Å². The summed E-state index contributed by atoms with van der Waals surface area (Å²) in [7, 11) is 0. The average Bonchev–Trinajstić information content (AvgIpc) is 2.67. The van der Waals surface area contributed by atoms with Gasteiger partial charge in [-0.1, -0.05) is 38.1 Å². The van der Waals surface area contributed by atoms with Crippen LogP contribution in [0, 0.1) is 13.8 Å². The van der Waals surface area contributed by atoms with Crippen molar-refractivity contribution in [3.05, 3.63) is 59.2 Å². The number of nitrogens with two attached hydrogens (primary N) is 1. The molecule has 0 aromatic heterocycles. The van der Waals surface area contributed by atoms with Crippen molar-refractivity contribution in [3.8, 4) is 5.75 Å². The molecule has 2 aromatic carbocycles. The zero-order valence-electron chi connectivity index (χ0n) is 17.0. The second-order valence-corrected chi connectivity index (χ2v) is 6.61. The number of benzene rings is 2. The maximum absolute atomic E-state index is 6.06. The predicted octanol–water partition coefficient (Wildman–Crippen LogP) is 3.95. The van der Waals surface area contributed by atoms with Crippen molar-refractivity contribution in [2.75, 3.05) is 31.6 Å². The van der Waals surface area contributed by atoms with Crippen molar-refractivity contribution >= 4 is 11.6 Å². The summed E-state index contributed by atoms with van der Waals surface area (Å²) in [4.78, 5) is 6.81. The molecule has 0 bridgehead atoms. The molecule has 27 heavy (non-hydrogen) atoms. The number of hydrogen-bond acceptors (Lipinski definition) is 3. The summed E-state index contributed by atoms with van der Waals surface area (Å²) in [6.45, 7) is 12.6. The maximum atomic E-state index is 6.06. The molecule has 2 aromatic rings. The molecule has 2 rings (SSSR count). The Bertz CT molecular complexity index is 754. The summed E-state index contributed by atoms with van der Waals surface area (Å²) in [5, 5.41) is 3.15. The van der Waals surface area contributed by atoms with E-state index in [4.69, 9.17) is 10.5 Å². The summed E-state index contributed by atoms with van der Waals surface area (Å²) in [5.74, 6) is 1.27. The third kappa shape index (κ3) is 6.61. The molecule has 0 saturated heterocycles. The third-order valence-corrected chi connectivity index (χ3v) is 4.73. The van der Waals surface area contributed by atoms with E-state index in [0.717, 1.165) is 36.6 Å². The molecule has 0 saturated carbocycles. The molecule has 0 fully saturated rings. The van der Waals surface area contributed by atoms with E-state index in [-0.39, 0.29) is 0 Å². The largest absolute Gasteiger partial charge is 0.492 e. The quantitative estimate of drug-likeness (QED) is 0.520. The summed E-state index contributed by atoms with van der Waals surface area (Å²) < 4.78 is 5.98. The van der Waals surface area contributed by atoms with Crippen LogP contribution in [0.3, 0.4) is 0 Å². The molecule has 3 N–H and O–H groups in total. The molecule has 0 radical (unpaired) electrons. The molecular weight excluding hydrogens is 336 g/mol. The van der Waals surface area contributed by atoms with Gasteiger partial charge in [-0.15, -0.1) is 0 Å². The van der Waals surface area contributed by atoms with Gasteiger partial charge < -0.3 is 20.7 Å². The maximum Gasteiger partial charge on any atom is 0.193 e. The topological polar surface area (TPSA) is 62.9 Å². The molecule has 0 atom stereocenters. The Hall–Kier alpha value is -2.53. The van der Waals surface area contributed by atoms with Crippen molar-refractivity contribution in [3.63, 3.8) is 0 Å². The van der Waals surface area contributed by atoms with E-state index >= 15 is 0 Å². The van der Waals surface area contributed by atoms with E-state index in [1.807, 2.05) is 30.3 Å². The van der Waals surface area contributed by atoms with E-state index in [1.54, 1.807) is 0 Å². The number of nitrogens with zero attached hydrogens (tertiary/aromatic N) is 2. The molecule has 0 aliphatic rings. The van der Waals surface area contributed by atoms with Gasteiger partial charge in [0.25, 0.3) is 0 Å². The van der Waals surface area contributed by atoms with Crippen molar-refractivity contribution in [2.45, 2.75) is 34.2 Å². The van der Waals surface area contributed by atoms with Crippen molar-refractivity contribution in [1.82, 2.24) is 4.90 Å². The molecule has 0 amide bonds. The van der Waals surface area contributed by atoms with E-state index in [9.17, 15) is 0 Å². The van der Waals surface area contributed by atoms with Gasteiger partial charge in [-0.05, 0) is 56.3 Å². The first kappa shape index (κ1) is 20.8. The van der Waals surface area contributed by atoms with E-state index in [1.165, 1.54) is 11.1 Å². The molecular formula is C22H32N4O. The van der Waals surface area contributed by atoms with Crippen LogP contribution in [-0.2, 0) is 6.54 Å². The van der Waals surface area contributed by atoms with Crippen LogP contribution in [-0.4, -0.2) is 37.1 Å². The summed E-state index contributed by atoms with van der Waals surface area (Å²) in [5.41, 5.74) is 10.5. The summed E-state index contributed by atoms with van der Waals surface area (Å²) in [6, 6.07) is 14.1. The normalized spacial score (nSPS) is 11.7. The van der Waals surface area contributed by atoms with Gasteiger partial charge in [0.1, 0.15) is 12.4 Å². The summed E-state index contributed by atoms with van der Waals surface area (Å²) in [6.07, 6.45) is 0. The molecule has 0 spiro atoms. The number of hydrogen-bond donors (Lipinski definition) is 2. The monoisotopic (exact) mass is 368 g/mol. The lowest BCUT2D eigenvalue weighted by Gasteiger charge is -2.18. The highest BCUT2D eigenvalue weighted by Crippen LogP contribution is 2.19. The fourth-order valence-electron chi connectivity index (χ4n) is 2.78. The first-order chi connectivity index (χ1) is 13.0. The van der Waals surface area contributed by atoms with Crippen molar-refractivity contribution < 1.29 is 4.74 Å². The Morgan fingerprint density at radius 2 is 1.81 bits per heavy atom. The van der Waals surface area contributed by atoms with Gasteiger partial charge in [-0.25, -0.2) is 4.99 Å². The minimum atomic E-state index is 0.399. The summed E-state index contributed by atoms with van der Waals surface area (Å²) >= 11 is 0. The van der Waals surface area contributed by atoms with Gasteiger partial charge >= 0.3 is 0 Å². The molecule has 0 unspecified atom stereocenters. The van der Waals surface area contributed by atoms with Gasteiger partial charge in [0.2, 0.25) is 0 Å². The van der Waals surface area contributed by atoms with Crippen LogP contribution in [0.5, 0.6) is 5.75 Å². The molecule has 5 nitrogen and oxygen atoms in total. The lowest BCUT2D eigenvalue weighted by Crippen LogP contribution is -2.28. The Balaban J connectivity index is 1.95. The molecule has 0 aliphatic heterocycles. The first-order valence-corrected chi connectivity index (χ1v) is 9.60. The molecule has 0 heterocycles. The van der Waals surface area contributed by atoms with Crippen LogP contribution in [0.25, 0.3) is 0 Å². The lowest BCUT2D eigenvalue weighted by molar-refractivity contribution is 0.221. The highest BCUT2D eigenvalue weighted by Gasteiger charge is 2.05. The van der Waals surface area contributed by atoms with Crippen LogP contribution in [0.1, 0.15) is 30.5 Å². The molecule has 5 heteroatoms. The number of rotatable bonds is 9. The standard InChI is InChI=1S/C22H32N4O/c1-5-26(6-2)13-14-27-21-10-8-7-9-19(21)16-24-22(23)25-20-12-11-17(3)18(4)15-20/h7-12,15H,5-6,13-14,16H2,1-4H3,(H3,23,24,25). The molecule has 0 aliphatic carbocycles. The predicted molar refractivity (Wildman–Crippen MR) is 115 cm³/mol. The highest BCUT2D eigenvalue weighted by molar-refractivity contribution is 5.92. The SMILES string of the molecule is CCN(CC)CCOc1ccccc1CN=C(N)Nc1ccc(C)c(C)c1. The van der Waals surface area contributed by atoms with Gasteiger partial charge in [-0.2, -0.15) is 0 Å². The lowest BCUT2D eigenvalue weighted by atomic mass is 10.1. The Morgan fingerprint density at radius 1 is 1.07 bits per heavy atom. The number of para-hydroxylation sites is 1. The van der Waals surface area contributed by atoms with Crippen LogP contribution >= 0.6 is 0 Å². The van der Waals surface area contributed by atoms with Gasteiger partial charge in [-0.3, -0.25) is 0 Å². The molecule has 146 valence electrons. The highest BCUT2D eigenvalue weighted by atomic mass is 16.5. The number of nitrogens with one attached hydrogen (secondary N) is 1. The first-order valence-electron chi connectivity index (χ1n) is 9.60. The van der Waals surface area contributed by atoms with E-state index in [2.05, 4.69) is 55.0 Å². The number of aliphatic imine (C=N–C) groups is 1. The Labute approximate surface area is 163 Å². The second-order valence-electron chi connectivity index (χ2n) is 6.61. The minimum Gasteiger partial charge on any atom is -0.492 e. The fraction of sp³-hybridized carbons (Fsp3) is 0.409. The van der Waals surface area contributed by atoms with Crippen LogP contribution < -0.4 is 15.8 Å². The number of guanidine groups is 1. The van der Waals surface area contributed by atoms with Crippen molar-refractivity contribution in [2.24, 2.45) is 10.7 Å². The zero-order chi connectivity index (χ0) is 19.6. The third-order valence-electron chi connectivity index (χ3n) is 4.73. The van der Waals surface area contributed by atoms with E-state index in [0.29, 0.717) is 19.1 Å². The second kappa shape index (κ2) is 10.6. The van der Waals surface area contributed by atoms with E-state index < -0.39 is 0 Å². The van der Waals surface area contributed by atoms with Gasteiger partial charge in [0.05, 0.1) is 6.54 Å². The number of anilines is 1. The Kier molecular flexibility index (Phi) is 8.14. The number of aryl methyl sites for hydroxylation is 2. The zero-order valence-corrected chi connectivity index (χ0v) is 17.0. The smallest absolute Gasteiger partial charge is 0.193 e. The van der Waals surface area contributed by atoms with Gasteiger partial charge in [0, 0.05) is 17.8 Å². The fourth-order valence-corrected chi connectivity index (χ4v) is 2.78. The van der Waals surface area contributed by atoms with Crippen LogP contribution in [0.4, 0.5) is 5.69 Å².